The molecule has 0 aliphatic heterocycles. The predicted molar refractivity (Wildman–Crippen MR) is 113 cm³/mol. The zero-order valence-corrected chi connectivity index (χ0v) is 15.9. The maximum Gasteiger partial charge on any atom is 0.251 e. The van der Waals surface area contributed by atoms with Gasteiger partial charge in [0.15, 0.2) is 11.5 Å². The monoisotopic (exact) mass is 383 g/mol. The molecule has 29 heavy (non-hydrogen) atoms. The van der Waals surface area contributed by atoms with Gasteiger partial charge < -0.3 is 10.6 Å². The third-order valence-electron chi connectivity index (χ3n) is 5.09. The Balaban J connectivity index is 1.38. The van der Waals surface area contributed by atoms with Crippen LogP contribution < -0.4 is 10.6 Å². The fourth-order valence-electron chi connectivity index (χ4n) is 3.33. The van der Waals surface area contributed by atoms with Gasteiger partial charge in [0.25, 0.3) is 5.91 Å². The number of hydrogen-bond donors (Lipinski definition) is 2. The summed E-state index contributed by atoms with van der Waals surface area (Å²) in [5.74, 6) is 0.733. The lowest BCUT2D eigenvalue weighted by atomic mass is 10.1. The van der Waals surface area contributed by atoms with Crippen molar-refractivity contribution in [2.75, 3.05) is 5.32 Å². The number of fused-ring (bicyclic) bond motifs is 1. The van der Waals surface area contributed by atoms with Crippen molar-refractivity contribution in [2.24, 2.45) is 0 Å². The summed E-state index contributed by atoms with van der Waals surface area (Å²) in [4.78, 5) is 21.2. The third kappa shape index (κ3) is 3.69. The summed E-state index contributed by atoms with van der Waals surface area (Å²) in [7, 11) is 0. The van der Waals surface area contributed by atoms with Crippen molar-refractivity contribution in [3.05, 3.63) is 84.3 Å². The van der Waals surface area contributed by atoms with Crippen molar-refractivity contribution in [3.63, 3.8) is 0 Å². The van der Waals surface area contributed by atoms with E-state index in [4.69, 9.17) is 0 Å². The SMILES string of the molecule is O=C(NC1CC1)c1ccc(-c2cnc3c(NCc4ccccc4)nccn23)cc1. The fourth-order valence-corrected chi connectivity index (χ4v) is 3.33. The Morgan fingerprint density at radius 1 is 1.03 bits per heavy atom. The van der Waals surface area contributed by atoms with Crippen LogP contribution in [-0.4, -0.2) is 26.3 Å². The Labute approximate surface area is 168 Å². The molecule has 0 spiro atoms. The molecular weight excluding hydrogens is 362 g/mol. The molecule has 0 radical (unpaired) electrons. The van der Waals surface area contributed by atoms with E-state index in [-0.39, 0.29) is 5.91 Å². The molecule has 1 fully saturated rings. The third-order valence-corrected chi connectivity index (χ3v) is 5.09. The summed E-state index contributed by atoms with van der Waals surface area (Å²) < 4.78 is 2.01. The number of carbonyl (C=O) groups is 1. The number of amides is 1. The van der Waals surface area contributed by atoms with Gasteiger partial charge in [-0.15, -0.1) is 0 Å². The van der Waals surface area contributed by atoms with Gasteiger partial charge in [-0.1, -0.05) is 42.5 Å². The molecule has 2 N–H and O–H groups in total. The molecular formula is C23H21N5O. The molecule has 0 atom stereocenters. The van der Waals surface area contributed by atoms with E-state index in [0.717, 1.165) is 35.6 Å². The maximum atomic E-state index is 12.2. The van der Waals surface area contributed by atoms with Gasteiger partial charge in [-0.3, -0.25) is 9.20 Å². The number of rotatable bonds is 6. The van der Waals surface area contributed by atoms with Crippen LogP contribution in [0, 0.1) is 0 Å². The van der Waals surface area contributed by atoms with Crippen LogP contribution in [0.5, 0.6) is 0 Å². The number of nitrogens with zero attached hydrogens (tertiary/aromatic N) is 3. The van der Waals surface area contributed by atoms with Gasteiger partial charge in [-0.2, -0.15) is 0 Å². The molecule has 1 aliphatic rings. The van der Waals surface area contributed by atoms with Crippen LogP contribution >= 0.6 is 0 Å². The van der Waals surface area contributed by atoms with Gasteiger partial charge in [0.1, 0.15) is 0 Å². The quantitative estimate of drug-likeness (QED) is 0.530. The number of aromatic nitrogens is 3. The summed E-state index contributed by atoms with van der Waals surface area (Å²) in [5, 5.41) is 6.39. The highest BCUT2D eigenvalue weighted by molar-refractivity contribution is 5.95. The molecule has 6 heteroatoms. The van der Waals surface area contributed by atoms with E-state index < -0.39 is 0 Å². The normalized spacial score (nSPS) is 13.4. The second-order valence-corrected chi connectivity index (χ2v) is 7.28. The largest absolute Gasteiger partial charge is 0.363 e. The zero-order chi connectivity index (χ0) is 19.6. The molecule has 2 heterocycles. The first-order valence-electron chi connectivity index (χ1n) is 9.79. The first-order chi connectivity index (χ1) is 14.3. The van der Waals surface area contributed by atoms with Crippen LogP contribution in [0.25, 0.3) is 16.9 Å². The number of imidazole rings is 1. The zero-order valence-electron chi connectivity index (χ0n) is 15.9. The van der Waals surface area contributed by atoms with E-state index >= 15 is 0 Å². The van der Waals surface area contributed by atoms with Crippen LogP contribution in [0.2, 0.25) is 0 Å². The van der Waals surface area contributed by atoms with E-state index in [9.17, 15) is 4.79 Å². The molecule has 1 saturated carbocycles. The van der Waals surface area contributed by atoms with Crippen LogP contribution in [0.1, 0.15) is 28.8 Å². The van der Waals surface area contributed by atoms with E-state index in [1.807, 2.05) is 59.3 Å². The average Bonchev–Trinajstić information content (AvgIpc) is 3.48. The van der Waals surface area contributed by atoms with Crippen molar-refractivity contribution in [1.82, 2.24) is 19.7 Å². The molecule has 0 saturated heterocycles. The lowest BCUT2D eigenvalue weighted by Gasteiger charge is -2.08. The molecule has 4 aromatic rings. The molecule has 1 amide bonds. The van der Waals surface area contributed by atoms with E-state index in [0.29, 0.717) is 18.2 Å². The molecule has 6 nitrogen and oxygen atoms in total. The molecule has 5 rings (SSSR count). The summed E-state index contributed by atoms with van der Waals surface area (Å²) in [6.45, 7) is 0.681. The second-order valence-electron chi connectivity index (χ2n) is 7.28. The van der Waals surface area contributed by atoms with Crippen LogP contribution in [0.3, 0.4) is 0 Å². The van der Waals surface area contributed by atoms with Crippen LogP contribution in [0.4, 0.5) is 5.82 Å². The molecule has 0 bridgehead atoms. The minimum atomic E-state index is -0.00575. The van der Waals surface area contributed by atoms with Crippen LogP contribution in [-0.2, 0) is 6.54 Å². The van der Waals surface area contributed by atoms with Crippen molar-refractivity contribution in [1.29, 1.82) is 0 Å². The van der Waals surface area contributed by atoms with Gasteiger partial charge in [0.2, 0.25) is 0 Å². The van der Waals surface area contributed by atoms with Crippen molar-refractivity contribution < 1.29 is 4.79 Å². The highest BCUT2D eigenvalue weighted by atomic mass is 16.1. The number of benzene rings is 2. The average molecular weight is 383 g/mol. The number of hydrogen-bond acceptors (Lipinski definition) is 4. The lowest BCUT2D eigenvalue weighted by Crippen LogP contribution is -2.25. The maximum absolute atomic E-state index is 12.2. The summed E-state index contributed by atoms with van der Waals surface area (Å²) in [6.07, 6.45) is 7.67. The summed E-state index contributed by atoms with van der Waals surface area (Å²) >= 11 is 0. The van der Waals surface area contributed by atoms with Gasteiger partial charge in [-0.25, -0.2) is 9.97 Å². The summed E-state index contributed by atoms with van der Waals surface area (Å²) in [6, 6.07) is 18.2. The highest BCUT2D eigenvalue weighted by Crippen LogP contribution is 2.25. The Kier molecular flexibility index (Phi) is 4.44. The minimum Gasteiger partial charge on any atom is -0.363 e. The molecule has 2 aromatic carbocycles. The van der Waals surface area contributed by atoms with Crippen molar-refractivity contribution in [2.45, 2.75) is 25.4 Å². The molecule has 0 unspecified atom stereocenters. The van der Waals surface area contributed by atoms with Gasteiger partial charge >= 0.3 is 0 Å². The predicted octanol–water partition coefficient (Wildman–Crippen LogP) is 3.90. The standard InChI is InChI=1S/C23H21N5O/c29-23(27-19-10-11-19)18-8-6-17(7-9-18)20-15-26-22-21(24-12-13-28(20)22)25-14-16-4-2-1-3-5-16/h1-9,12-13,15,19H,10-11,14H2,(H,24,25)(H,27,29). The van der Waals surface area contributed by atoms with E-state index in [1.165, 1.54) is 5.56 Å². The van der Waals surface area contributed by atoms with Gasteiger partial charge in [0, 0.05) is 36.1 Å². The second kappa shape index (κ2) is 7.39. The lowest BCUT2D eigenvalue weighted by molar-refractivity contribution is 0.0951. The van der Waals surface area contributed by atoms with Gasteiger partial charge in [0.05, 0.1) is 11.9 Å². The molecule has 2 aromatic heterocycles. The Morgan fingerprint density at radius 2 is 1.83 bits per heavy atom. The van der Waals surface area contributed by atoms with Crippen molar-refractivity contribution >= 4 is 17.4 Å². The number of anilines is 1. The highest BCUT2D eigenvalue weighted by Gasteiger charge is 2.23. The topological polar surface area (TPSA) is 71.3 Å². The van der Waals surface area contributed by atoms with Crippen molar-refractivity contribution in [3.8, 4) is 11.3 Å². The fraction of sp³-hybridized carbons (Fsp3) is 0.174. The minimum absolute atomic E-state index is 0.00575. The van der Waals surface area contributed by atoms with E-state index in [1.54, 1.807) is 6.20 Å². The molecule has 1 aliphatic carbocycles. The molecule has 144 valence electrons. The first-order valence-corrected chi connectivity index (χ1v) is 9.79. The first kappa shape index (κ1) is 17.4. The smallest absolute Gasteiger partial charge is 0.251 e. The number of nitrogens with one attached hydrogen (secondary N) is 2. The van der Waals surface area contributed by atoms with E-state index in [2.05, 4.69) is 32.7 Å². The Hall–Kier alpha value is -3.67. The summed E-state index contributed by atoms with van der Waals surface area (Å²) in [5.41, 5.74) is 4.60. The Morgan fingerprint density at radius 3 is 2.59 bits per heavy atom. The van der Waals surface area contributed by atoms with Gasteiger partial charge in [-0.05, 0) is 30.5 Å². The van der Waals surface area contributed by atoms with Crippen LogP contribution in [0.15, 0.2) is 73.2 Å². The number of carbonyl (C=O) groups excluding carboxylic acids is 1. The Bertz CT molecular complexity index is 1150.